The van der Waals surface area contributed by atoms with E-state index >= 15 is 0 Å². The topological polar surface area (TPSA) is 35.2 Å². The number of hydrogen-bond acceptors (Lipinski definition) is 2. The smallest absolute Gasteiger partial charge is 0.0752 e. The van der Waals surface area contributed by atoms with Gasteiger partial charge in [0.25, 0.3) is 0 Å². The number of hydrogen-bond donors (Lipinski definition) is 1. The van der Waals surface area contributed by atoms with Crippen molar-refractivity contribution in [3.05, 3.63) is 0 Å². The Balaban J connectivity index is 2.50. The molecule has 14 heavy (non-hydrogen) atoms. The maximum Gasteiger partial charge on any atom is 0.0752 e. The van der Waals surface area contributed by atoms with E-state index in [9.17, 15) is 0 Å². The number of rotatable bonds is 4. The first-order valence-corrected chi connectivity index (χ1v) is 5.95. The molecule has 1 saturated carbocycles. The van der Waals surface area contributed by atoms with Gasteiger partial charge >= 0.3 is 0 Å². The second kappa shape index (κ2) is 5.72. The summed E-state index contributed by atoms with van der Waals surface area (Å²) in [5.74, 6) is 1.22. The Bertz CT molecular complexity index is 152. The Kier molecular flexibility index (Phi) is 4.90. The average Bonchev–Trinajstić information content (AvgIpc) is 2.20. The lowest BCUT2D eigenvalue weighted by atomic mass is 9.80. The summed E-state index contributed by atoms with van der Waals surface area (Å²) in [5, 5.41) is 0. The molecule has 0 saturated heterocycles. The van der Waals surface area contributed by atoms with Crippen LogP contribution in [0.15, 0.2) is 0 Å². The van der Waals surface area contributed by atoms with Crippen LogP contribution in [0.2, 0.25) is 0 Å². The van der Waals surface area contributed by atoms with Crippen LogP contribution in [-0.4, -0.2) is 19.3 Å². The van der Waals surface area contributed by atoms with Crippen LogP contribution in [0.5, 0.6) is 0 Å². The van der Waals surface area contributed by atoms with Crippen LogP contribution < -0.4 is 5.73 Å². The van der Waals surface area contributed by atoms with Crippen LogP contribution in [0.1, 0.15) is 46.0 Å². The summed E-state index contributed by atoms with van der Waals surface area (Å²) < 4.78 is 5.59. The van der Waals surface area contributed by atoms with Crippen molar-refractivity contribution in [1.82, 2.24) is 0 Å². The Hall–Kier alpha value is -0.0800. The van der Waals surface area contributed by atoms with Gasteiger partial charge in [-0.1, -0.05) is 33.1 Å². The quantitative estimate of drug-likeness (QED) is 0.755. The van der Waals surface area contributed by atoms with Crippen molar-refractivity contribution in [1.29, 1.82) is 0 Å². The van der Waals surface area contributed by atoms with Crippen LogP contribution in [0.25, 0.3) is 0 Å². The van der Waals surface area contributed by atoms with E-state index < -0.39 is 0 Å². The Morgan fingerprint density at radius 3 is 2.14 bits per heavy atom. The summed E-state index contributed by atoms with van der Waals surface area (Å²) in [4.78, 5) is 0. The third-order valence-corrected chi connectivity index (χ3v) is 3.54. The van der Waals surface area contributed by atoms with Crippen LogP contribution in [-0.2, 0) is 4.74 Å². The molecule has 1 aliphatic carbocycles. The van der Waals surface area contributed by atoms with Gasteiger partial charge in [-0.05, 0) is 24.7 Å². The number of methoxy groups -OCH3 is 1. The van der Waals surface area contributed by atoms with Gasteiger partial charge in [-0.2, -0.15) is 0 Å². The highest BCUT2D eigenvalue weighted by Crippen LogP contribution is 2.30. The van der Waals surface area contributed by atoms with Crippen LogP contribution >= 0.6 is 0 Å². The fourth-order valence-electron chi connectivity index (χ4n) is 2.51. The van der Waals surface area contributed by atoms with E-state index in [1.807, 2.05) is 7.11 Å². The van der Waals surface area contributed by atoms with Crippen molar-refractivity contribution in [3.8, 4) is 0 Å². The summed E-state index contributed by atoms with van der Waals surface area (Å²) >= 11 is 0. The van der Waals surface area contributed by atoms with E-state index in [1.54, 1.807) is 0 Å². The molecule has 0 aliphatic heterocycles. The molecule has 84 valence electrons. The van der Waals surface area contributed by atoms with E-state index in [4.69, 9.17) is 10.5 Å². The molecule has 2 nitrogen and oxygen atoms in total. The van der Waals surface area contributed by atoms with Crippen LogP contribution in [0, 0.1) is 11.8 Å². The first kappa shape index (κ1) is 12.0. The molecule has 2 atom stereocenters. The maximum absolute atomic E-state index is 6.18. The molecule has 0 bridgehead atoms. The third kappa shape index (κ3) is 2.96. The molecule has 2 unspecified atom stereocenters. The van der Waals surface area contributed by atoms with Gasteiger partial charge in [-0.15, -0.1) is 0 Å². The van der Waals surface area contributed by atoms with Gasteiger partial charge in [-0.3, -0.25) is 0 Å². The summed E-state index contributed by atoms with van der Waals surface area (Å²) in [6.45, 7) is 4.36. The minimum Gasteiger partial charge on any atom is -0.380 e. The lowest BCUT2D eigenvalue weighted by molar-refractivity contribution is 0.00720. The van der Waals surface area contributed by atoms with E-state index in [-0.39, 0.29) is 12.1 Å². The van der Waals surface area contributed by atoms with E-state index in [1.165, 1.54) is 32.1 Å². The summed E-state index contributed by atoms with van der Waals surface area (Å²) in [5.41, 5.74) is 6.18. The second-order valence-electron chi connectivity index (χ2n) is 4.92. The standard InChI is InChI=1S/C12H25NO/c1-9(2)11(13)12(14-3)10-7-5-4-6-8-10/h9-12H,4-8,13H2,1-3H3. The average molecular weight is 199 g/mol. The third-order valence-electron chi connectivity index (χ3n) is 3.54. The van der Waals surface area contributed by atoms with Crippen molar-refractivity contribution in [2.24, 2.45) is 17.6 Å². The van der Waals surface area contributed by atoms with Gasteiger partial charge in [-0.25, -0.2) is 0 Å². The summed E-state index contributed by atoms with van der Waals surface area (Å²) in [7, 11) is 1.81. The normalized spacial score (nSPS) is 23.8. The highest BCUT2D eigenvalue weighted by molar-refractivity contribution is 4.84. The Morgan fingerprint density at radius 2 is 1.71 bits per heavy atom. The second-order valence-corrected chi connectivity index (χ2v) is 4.92. The fraction of sp³-hybridized carbons (Fsp3) is 1.00. The molecule has 0 aromatic carbocycles. The summed E-state index contributed by atoms with van der Waals surface area (Å²) in [6.07, 6.45) is 6.99. The molecule has 1 fully saturated rings. The molecule has 1 aliphatic rings. The number of ether oxygens (including phenoxy) is 1. The first-order chi connectivity index (χ1) is 6.66. The van der Waals surface area contributed by atoms with Crippen molar-refractivity contribution >= 4 is 0 Å². The fourth-order valence-corrected chi connectivity index (χ4v) is 2.51. The van der Waals surface area contributed by atoms with E-state index in [0.717, 1.165) is 0 Å². The van der Waals surface area contributed by atoms with Gasteiger partial charge in [0, 0.05) is 13.2 Å². The molecule has 0 heterocycles. The number of nitrogens with two attached hydrogens (primary N) is 1. The zero-order valence-electron chi connectivity index (χ0n) is 9.83. The molecule has 2 heteroatoms. The molecule has 0 aromatic rings. The molecular weight excluding hydrogens is 174 g/mol. The van der Waals surface area contributed by atoms with Crippen molar-refractivity contribution in [2.45, 2.75) is 58.1 Å². The van der Waals surface area contributed by atoms with Crippen LogP contribution in [0.3, 0.4) is 0 Å². The zero-order valence-corrected chi connectivity index (χ0v) is 9.83. The van der Waals surface area contributed by atoms with Gasteiger partial charge in [0.2, 0.25) is 0 Å². The molecule has 0 amide bonds. The zero-order chi connectivity index (χ0) is 10.6. The van der Waals surface area contributed by atoms with Crippen molar-refractivity contribution < 1.29 is 4.74 Å². The van der Waals surface area contributed by atoms with Gasteiger partial charge in [0.05, 0.1) is 6.10 Å². The van der Waals surface area contributed by atoms with Gasteiger partial charge < -0.3 is 10.5 Å². The lowest BCUT2D eigenvalue weighted by Gasteiger charge is -2.34. The monoisotopic (exact) mass is 199 g/mol. The van der Waals surface area contributed by atoms with E-state index in [0.29, 0.717) is 11.8 Å². The Morgan fingerprint density at radius 1 is 1.14 bits per heavy atom. The first-order valence-electron chi connectivity index (χ1n) is 5.95. The molecule has 0 radical (unpaired) electrons. The highest BCUT2D eigenvalue weighted by Gasteiger charge is 2.29. The largest absolute Gasteiger partial charge is 0.380 e. The predicted octanol–water partition coefficient (Wildman–Crippen LogP) is 2.57. The summed E-state index contributed by atoms with van der Waals surface area (Å²) in [6, 6.07) is 0.197. The maximum atomic E-state index is 6.18. The molecule has 0 aromatic heterocycles. The molecular formula is C12H25NO. The highest BCUT2D eigenvalue weighted by atomic mass is 16.5. The van der Waals surface area contributed by atoms with Gasteiger partial charge in [0.1, 0.15) is 0 Å². The SMILES string of the molecule is COC(C1CCCCC1)C(N)C(C)C. The molecule has 2 N–H and O–H groups in total. The van der Waals surface area contributed by atoms with Crippen molar-refractivity contribution in [2.75, 3.05) is 7.11 Å². The lowest BCUT2D eigenvalue weighted by Crippen LogP contribution is -2.45. The molecule has 0 spiro atoms. The Labute approximate surface area is 88.2 Å². The van der Waals surface area contributed by atoms with Crippen LogP contribution in [0.4, 0.5) is 0 Å². The minimum atomic E-state index is 0.197. The molecule has 1 rings (SSSR count). The van der Waals surface area contributed by atoms with Gasteiger partial charge in [0.15, 0.2) is 0 Å². The predicted molar refractivity (Wildman–Crippen MR) is 60.2 cm³/mol. The minimum absolute atomic E-state index is 0.197. The van der Waals surface area contributed by atoms with E-state index in [2.05, 4.69) is 13.8 Å². The van der Waals surface area contributed by atoms with Crippen molar-refractivity contribution in [3.63, 3.8) is 0 Å².